The Bertz CT molecular complexity index is 1630. The summed E-state index contributed by atoms with van der Waals surface area (Å²) in [4.78, 5) is 38.6. The van der Waals surface area contributed by atoms with Crippen LogP contribution < -0.4 is 16.1 Å². The van der Waals surface area contributed by atoms with Crippen LogP contribution in [-0.2, 0) is 0 Å². The summed E-state index contributed by atoms with van der Waals surface area (Å²) in [5.74, 6) is -1.53. The zero-order valence-electron chi connectivity index (χ0n) is 17.8. The fourth-order valence-corrected chi connectivity index (χ4v) is 3.73. The Kier molecular flexibility index (Phi) is 5.39. The lowest BCUT2D eigenvalue weighted by atomic mass is 10.1. The Balaban J connectivity index is 1.52. The maximum Gasteiger partial charge on any atom is 0.293 e. The van der Waals surface area contributed by atoms with Crippen molar-refractivity contribution in [1.29, 1.82) is 0 Å². The second-order valence-electron chi connectivity index (χ2n) is 7.69. The zero-order valence-corrected chi connectivity index (χ0v) is 18.6. The highest BCUT2D eigenvalue weighted by Gasteiger charge is 2.24. The number of hydrogen-bond donors (Lipinski definition) is 2. The van der Waals surface area contributed by atoms with Gasteiger partial charge in [-0.1, -0.05) is 29.8 Å². The normalized spacial score (nSPS) is 11.0. The van der Waals surface area contributed by atoms with Crippen LogP contribution in [0.1, 0.15) is 26.7 Å². The molecule has 0 unspecified atom stereocenters. The average molecular weight is 473 g/mol. The van der Waals surface area contributed by atoms with Crippen LogP contribution in [0.4, 0.5) is 11.4 Å². The quantitative estimate of drug-likeness (QED) is 0.333. The van der Waals surface area contributed by atoms with E-state index in [9.17, 15) is 14.4 Å². The van der Waals surface area contributed by atoms with Gasteiger partial charge < -0.3 is 19.5 Å². The summed E-state index contributed by atoms with van der Waals surface area (Å²) < 4.78 is 11.5. The van der Waals surface area contributed by atoms with Crippen molar-refractivity contribution in [1.82, 2.24) is 0 Å². The second-order valence-corrected chi connectivity index (χ2v) is 8.13. The summed E-state index contributed by atoms with van der Waals surface area (Å²) in [6, 6.07) is 19.7. The number of aryl methyl sites for hydroxylation is 1. The van der Waals surface area contributed by atoms with Crippen molar-refractivity contribution in [2.45, 2.75) is 6.92 Å². The number of halogens is 1. The number of carbonyl (C=O) groups is 2. The van der Waals surface area contributed by atoms with E-state index in [-0.39, 0.29) is 22.6 Å². The number of amides is 2. The van der Waals surface area contributed by atoms with Gasteiger partial charge in [-0.3, -0.25) is 14.4 Å². The molecular formula is C26H17ClN2O5. The largest absolute Gasteiger partial charge is 0.451 e. The summed E-state index contributed by atoms with van der Waals surface area (Å²) in [5.41, 5.74) is 1.92. The molecule has 2 aromatic heterocycles. The molecule has 7 nitrogen and oxygen atoms in total. The standard InChI is InChI=1S/C26H17ClN2O5/c1-14-6-11-17-19(30)13-22(33-21(17)12-14)25(31)29-23-18-4-2-3-5-20(18)34-24(23)26(32)28-16-9-7-15(27)8-10-16/h2-13H,1H3,(H,28,32)(H,29,31). The van der Waals surface area contributed by atoms with E-state index in [1.54, 1.807) is 66.7 Å². The number of para-hydroxylation sites is 1. The minimum atomic E-state index is -0.687. The molecule has 0 spiro atoms. The fourth-order valence-electron chi connectivity index (χ4n) is 3.60. The van der Waals surface area contributed by atoms with Crippen LogP contribution in [0.5, 0.6) is 0 Å². The Labute approximate surface area is 197 Å². The van der Waals surface area contributed by atoms with Gasteiger partial charge in [0, 0.05) is 22.2 Å². The highest BCUT2D eigenvalue weighted by molar-refractivity contribution is 6.30. The first-order valence-corrected chi connectivity index (χ1v) is 10.7. The Morgan fingerprint density at radius 3 is 2.35 bits per heavy atom. The summed E-state index contributed by atoms with van der Waals surface area (Å²) in [6.45, 7) is 1.86. The van der Waals surface area contributed by atoms with Gasteiger partial charge in [-0.15, -0.1) is 0 Å². The van der Waals surface area contributed by atoms with Crippen LogP contribution in [0, 0.1) is 6.92 Å². The maximum atomic E-state index is 13.1. The molecule has 0 saturated heterocycles. The minimum Gasteiger partial charge on any atom is -0.451 e. The molecule has 0 atom stereocenters. The third kappa shape index (κ3) is 4.04. The van der Waals surface area contributed by atoms with E-state index in [0.717, 1.165) is 11.6 Å². The average Bonchev–Trinajstić information content (AvgIpc) is 3.18. The number of furan rings is 1. The van der Waals surface area contributed by atoms with Crippen LogP contribution in [-0.4, -0.2) is 11.8 Å². The van der Waals surface area contributed by atoms with Crippen LogP contribution in [0.3, 0.4) is 0 Å². The first-order chi connectivity index (χ1) is 16.4. The van der Waals surface area contributed by atoms with E-state index in [1.807, 2.05) is 6.92 Å². The topological polar surface area (TPSA) is 102 Å². The van der Waals surface area contributed by atoms with Crippen molar-refractivity contribution in [3.05, 3.63) is 105 Å². The van der Waals surface area contributed by atoms with Gasteiger partial charge in [0.25, 0.3) is 11.8 Å². The van der Waals surface area contributed by atoms with Gasteiger partial charge in [-0.05, 0) is 61.0 Å². The molecule has 8 heteroatoms. The van der Waals surface area contributed by atoms with Crippen LogP contribution >= 0.6 is 11.6 Å². The highest BCUT2D eigenvalue weighted by atomic mass is 35.5. The third-order valence-electron chi connectivity index (χ3n) is 5.25. The summed E-state index contributed by atoms with van der Waals surface area (Å²) in [5, 5.41) is 6.84. The van der Waals surface area contributed by atoms with Gasteiger partial charge in [0.2, 0.25) is 5.76 Å². The lowest BCUT2D eigenvalue weighted by Gasteiger charge is -2.08. The van der Waals surface area contributed by atoms with Gasteiger partial charge in [0.1, 0.15) is 16.9 Å². The zero-order chi connectivity index (χ0) is 23.8. The molecular weight excluding hydrogens is 456 g/mol. The molecule has 34 heavy (non-hydrogen) atoms. The van der Waals surface area contributed by atoms with Crippen molar-refractivity contribution >= 4 is 56.7 Å². The van der Waals surface area contributed by atoms with Gasteiger partial charge in [0.15, 0.2) is 11.2 Å². The van der Waals surface area contributed by atoms with Crippen molar-refractivity contribution in [2.24, 2.45) is 0 Å². The fraction of sp³-hybridized carbons (Fsp3) is 0.0385. The van der Waals surface area contributed by atoms with E-state index in [0.29, 0.717) is 32.6 Å². The van der Waals surface area contributed by atoms with E-state index in [2.05, 4.69) is 10.6 Å². The van der Waals surface area contributed by atoms with E-state index in [1.165, 1.54) is 0 Å². The number of fused-ring (bicyclic) bond motifs is 2. The molecule has 0 aliphatic rings. The molecule has 0 radical (unpaired) electrons. The summed E-state index contributed by atoms with van der Waals surface area (Å²) in [7, 11) is 0. The molecule has 3 aromatic carbocycles. The van der Waals surface area contributed by atoms with Crippen molar-refractivity contribution in [2.75, 3.05) is 10.6 Å². The molecule has 5 rings (SSSR count). The third-order valence-corrected chi connectivity index (χ3v) is 5.50. The first-order valence-electron chi connectivity index (χ1n) is 10.3. The van der Waals surface area contributed by atoms with E-state index < -0.39 is 11.8 Å². The number of hydrogen-bond acceptors (Lipinski definition) is 5. The number of benzene rings is 3. The molecule has 168 valence electrons. The van der Waals surface area contributed by atoms with Gasteiger partial charge >= 0.3 is 0 Å². The van der Waals surface area contributed by atoms with Crippen LogP contribution in [0.25, 0.3) is 21.9 Å². The molecule has 2 N–H and O–H groups in total. The number of rotatable bonds is 4. The van der Waals surface area contributed by atoms with Crippen molar-refractivity contribution in [3.8, 4) is 0 Å². The SMILES string of the molecule is Cc1ccc2c(=O)cc(C(=O)Nc3c(C(=O)Nc4ccc(Cl)cc4)oc4ccccc34)oc2c1. The predicted octanol–water partition coefficient (Wildman–Crippen LogP) is 6.01. The smallest absolute Gasteiger partial charge is 0.293 e. The van der Waals surface area contributed by atoms with Crippen LogP contribution in [0.15, 0.2) is 86.4 Å². The van der Waals surface area contributed by atoms with Gasteiger partial charge in [0.05, 0.1) is 5.39 Å². The lowest BCUT2D eigenvalue weighted by molar-refractivity contribution is 0.0996. The molecule has 0 aliphatic heterocycles. The monoisotopic (exact) mass is 472 g/mol. The molecule has 2 heterocycles. The first kappa shape index (κ1) is 21.5. The molecule has 0 aliphatic carbocycles. The predicted molar refractivity (Wildman–Crippen MR) is 131 cm³/mol. The number of nitrogens with one attached hydrogen (secondary N) is 2. The Morgan fingerprint density at radius 1 is 0.794 bits per heavy atom. The Hall–Kier alpha value is -4.36. The minimum absolute atomic E-state index is 0.0940. The van der Waals surface area contributed by atoms with Crippen LogP contribution in [0.2, 0.25) is 5.02 Å². The molecule has 0 saturated carbocycles. The maximum absolute atomic E-state index is 13.1. The van der Waals surface area contributed by atoms with Gasteiger partial charge in [-0.2, -0.15) is 0 Å². The Morgan fingerprint density at radius 2 is 1.56 bits per heavy atom. The molecule has 0 bridgehead atoms. The molecule has 2 amide bonds. The lowest BCUT2D eigenvalue weighted by Crippen LogP contribution is -2.18. The second kappa shape index (κ2) is 8.53. The van der Waals surface area contributed by atoms with E-state index >= 15 is 0 Å². The van der Waals surface area contributed by atoms with Crippen molar-refractivity contribution in [3.63, 3.8) is 0 Å². The summed E-state index contributed by atoms with van der Waals surface area (Å²) in [6.07, 6.45) is 0. The summed E-state index contributed by atoms with van der Waals surface area (Å²) >= 11 is 5.91. The van der Waals surface area contributed by atoms with Gasteiger partial charge in [-0.25, -0.2) is 0 Å². The molecule has 5 aromatic rings. The number of anilines is 2. The van der Waals surface area contributed by atoms with Crippen molar-refractivity contribution < 1.29 is 18.4 Å². The van der Waals surface area contributed by atoms with E-state index in [4.69, 9.17) is 20.4 Å². The highest BCUT2D eigenvalue weighted by Crippen LogP contribution is 2.32. The molecule has 0 fully saturated rings. The number of carbonyl (C=O) groups excluding carboxylic acids is 2.